The number of carbonyl (C=O) groups is 1. The predicted octanol–water partition coefficient (Wildman–Crippen LogP) is 2.20. The first-order chi connectivity index (χ1) is 14.4. The topological polar surface area (TPSA) is 129 Å². The highest BCUT2D eigenvalue weighted by Crippen LogP contribution is 2.29. The number of amides is 1. The molecule has 0 saturated carbocycles. The van der Waals surface area contributed by atoms with E-state index in [9.17, 15) is 13.2 Å². The number of thioether (sulfide) groups is 1. The quantitative estimate of drug-likeness (QED) is 0.324. The van der Waals surface area contributed by atoms with Gasteiger partial charge in [0, 0.05) is 0 Å². The first-order valence-electron chi connectivity index (χ1n) is 8.59. The molecule has 9 nitrogen and oxygen atoms in total. The molecule has 0 aliphatic heterocycles. The molecule has 0 atom stereocenters. The molecule has 3 rings (SSSR count). The van der Waals surface area contributed by atoms with Crippen LogP contribution in [0, 0.1) is 0 Å². The van der Waals surface area contributed by atoms with Crippen molar-refractivity contribution >= 4 is 39.7 Å². The minimum absolute atomic E-state index is 0.0345. The Morgan fingerprint density at radius 2 is 1.87 bits per heavy atom. The summed E-state index contributed by atoms with van der Waals surface area (Å²) < 4.78 is 31.7. The van der Waals surface area contributed by atoms with Crippen LogP contribution in [-0.4, -0.2) is 43.1 Å². The fourth-order valence-corrected chi connectivity index (χ4v) is 4.88. The lowest BCUT2D eigenvalue weighted by Gasteiger charge is -2.07. The van der Waals surface area contributed by atoms with Gasteiger partial charge in [-0.15, -0.1) is 20.9 Å². The number of methoxy groups -OCH3 is 1. The van der Waals surface area contributed by atoms with Crippen molar-refractivity contribution in [3.8, 4) is 5.75 Å². The maximum atomic E-state index is 12.9. The number of rotatable bonds is 7. The lowest BCUT2D eigenvalue weighted by molar-refractivity contribution is 0.0953. The number of anilines is 1. The number of nitrogens with two attached hydrogens (primary N) is 1. The number of carbonyl (C=O) groups excluding carboxylic acids is 1. The van der Waals surface area contributed by atoms with E-state index in [1.165, 1.54) is 18.3 Å². The average molecular weight is 446 g/mol. The van der Waals surface area contributed by atoms with Gasteiger partial charge in [-0.1, -0.05) is 18.2 Å². The van der Waals surface area contributed by atoms with Crippen molar-refractivity contribution in [2.45, 2.75) is 9.92 Å². The number of ether oxygens (including phenoxy) is 1. The van der Waals surface area contributed by atoms with E-state index in [1.807, 2.05) is 0 Å². The zero-order valence-corrected chi connectivity index (χ0v) is 17.8. The van der Waals surface area contributed by atoms with Crippen LogP contribution in [0.4, 0.5) is 5.82 Å². The van der Waals surface area contributed by atoms with Gasteiger partial charge in [0.1, 0.15) is 16.3 Å². The Kier molecular flexibility index (Phi) is 6.43. The number of hydrogen-bond donors (Lipinski definition) is 2. The van der Waals surface area contributed by atoms with Gasteiger partial charge in [-0.3, -0.25) is 4.79 Å². The van der Waals surface area contributed by atoms with Crippen LogP contribution in [-0.2, 0) is 10.0 Å². The molecule has 1 aromatic heterocycles. The number of benzene rings is 2. The molecule has 2 aromatic carbocycles. The Hall–Kier alpha value is -3.31. The largest absolute Gasteiger partial charge is 0.497 e. The summed E-state index contributed by atoms with van der Waals surface area (Å²) in [5.41, 5.74) is 8.90. The van der Waals surface area contributed by atoms with E-state index in [-0.39, 0.29) is 21.3 Å². The van der Waals surface area contributed by atoms with E-state index < -0.39 is 15.9 Å². The second-order valence-electron chi connectivity index (χ2n) is 5.90. The van der Waals surface area contributed by atoms with E-state index >= 15 is 0 Å². The van der Waals surface area contributed by atoms with Crippen molar-refractivity contribution in [1.82, 2.24) is 14.6 Å². The number of hydrazone groups is 1. The van der Waals surface area contributed by atoms with Crippen molar-refractivity contribution in [3.63, 3.8) is 0 Å². The molecule has 0 radical (unpaired) electrons. The predicted molar refractivity (Wildman–Crippen MR) is 116 cm³/mol. The average Bonchev–Trinajstić information content (AvgIpc) is 3.12. The third-order valence-corrected chi connectivity index (χ3v) is 6.49. The molecule has 0 spiro atoms. The summed E-state index contributed by atoms with van der Waals surface area (Å²) in [4.78, 5) is 12.7. The fraction of sp³-hybridized carbons (Fsp3) is 0.105. The molecular weight excluding hydrogens is 426 g/mol. The van der Waals surface area contributed by atoms with E-state index in [1.54, 1.807) is 55.8 Å². The molecule has 11 heteroatoms. The molecule has 1 amide bonds. The maximum Gasteiger partial charge on any atom is 0.284 e. The van der Waals surface area contributed by atoms with Gasteiger partial charge in [0.25, 0.3) is 15.9 Å². The smallest absolute Gasteiger partial charge is 0.284 e. The lowest BCUT2D eigenvalue weighted by Crippen LogP contribution is -2.20. The normalized spacial score (nSPS) is 11.5. The number of nitrogen functional groups attached to an aromatic ring is 1. The second kappa shape index (κ2) is 9.01. The van der Waals surface area contributed by atoms with Gasteiger partial charge >= 0.3 is 0 Å². The number of nitrogens with zero attached hydrogens (tertiary/aromatic N) is 3. The summed E-state index contributed by atoms with van der Waals surface area (Å²) in [6.45, 7) is 0. The van der Waals surface area contributed by atoms with E-state index in [2.05, 4.69) is 15.6 Å². The highest BCUT2D eigenvalue weighted by atomic mass is 32.2. The van der Waals surface area contributed by atoms with Gasteiger partial charge in [0.05, 0.1) is 18.2 Å². The Labute approximate surface area is 178 Å². The third kappa shape index (κ3) is 4.31. The van der Waals surface area contributed by atoms with Crippen molar-refractivity contribution in [2.75, 3.05) is 19.1 Å². The summed E-state index contributed by atoms with van der Waals surface area (Å²) in [6.07, 6.45) is 3.07. The van der Waals surface area contributed by atoms with E-state index in [0.717, 1.165) is 21.4 Å². The van der Waals surface area contributed by atoms with Crippen LogP contribution in [0.15, 0.2) is 69.6 Å². The van der Waals surface area contributed by atoms with Crippen molar-refractivity contribution in [2.24, 2.45) is 5.10 Å². The summed E-state index contributed by atoms with van der Waals surface area (Å²) in [5.74, 6) is -0.187. The second-order valence-corrected chi connectivity index (χ2v) is 8.47. The Balaban J connectivity index is 1.87. The highest BCUT2D eigenvalue weighted by Gasteiger charge is 2.29. The molecule has 0 fully saturated rings. The first-order valence-corrected chi connectivity index (χ1v) is 11.3. The Morgan fingerprint density at radius 1 is 1.20 bits per heavy atom. The van der Waals surface area contributed by atoms with Gasteiger partial charge in [0.2, 0.25) is 0 Å². The van der Waals surface area contributed by atoms with Gasteiger partial charge < -0.3 is 10.5 Å². The zero-order chi connectivity index (χ0) is 21.7. The molecule has 0 saturated heterocycles. The van der Waals surface area contributed by atoms with Gasteiger partial charge in [0.15, 0.2) is 5.82 Å². The van der Waals surface area contributed by atoms with Crippen LogP contribution in [0.5, 0.6) is 5.75 Å². The standard InChI is InChI=1S/C19H19N5O4S2/c1-28-14-10-8-13(9-11-14)12-21-22-18(25)16-17(20)23-24(19(16)29-2)30(26,27)15-6-4-3-5-7-15/h3-12H,1-2H3,(H2,20,23)(H,22,25)/b21-12+. The molecule has 0 bridgehead atoms. The number of hydrogen-bond acceptors (Lipinski definition) is 8. The summed E-state index contributed by atoms with van der Waals surface area (Å²) in [6, 6.07) is 14.8. The molecule has 0 aliphatic carbocycles. The monoisotopic (exact) mass is 445 g/mol. The molecule has 30 heavy (non-hydrogen) atoms. The molecule has 3 aromatic rings. The molecule has 156 valence electrons. The lowest BCUT2D eigenvalue weighted by atomic mass is 10.2. The molecule has 1 heterocycles. The third-order valence-electron chi connectivity index (χ3n) is 4.03. The Bertz CT molecular complexity index is 1170. The van der Waals surface area contributed by atoms with Crippen molar-refractivity contribution in [1.29, 1.82) is 0 Å². The first kappa shape index (κ1) is 21.4. The molecule has 3 N–H and O–H groups in total. The van der Waals surface area contributed by atoms with Crippen molar-refractivity contribution < 1.29 is 17.9 Å². The van der Waals surface area contributed by atoms with Crippen molar-refractivity contribution in [3.05, 3.63) is 65.7 Å². The van der Waals surface area contributed by atoms with Crippen LogP contribution in [0.3, 0.4) is 0 Å². The van der Waals surface area contributed by atoms with Crippen LogP contribution < -0.4 is 15.9 Å². The highest BCUT2D eigenvalue weighted by molar-refractivity contribution is 7.99. The van der Waals surface area contributed by atoms with Gasteiger partial charge in [-0.2, -0.15) is 13.5 Å². The van der Waals surface area contributed by atoms with E-state index in [0.29, 0.717) is 5.75 Å². The fourth-order valence-electron chi connectivity index (χ4n) is 2.56. The van der Waals surface area contributed by atoms with Crippen LogP contribution >= 0.6 is 11.8 Å². The molecule has 0 unspecified atom stereocenters. The van der Waals surface area contributed by atoms with Gasteiger partial charge in [-0.05, 0) is 48.2 Å². The zero-order valence-electron chi connectivity index (χ0n) is 16.1. The van der Waals surface area contributed by atoms with Gasteiger partial charge in [-0.25, -0.2) is 5.43 Å². The summed E-state index contributed by atoms with van der Waals surface area (Å²) >= 11 is 1.04. The maximum absolute atomic E-state index is 12.9. The summed E-state index contributed by atoms with van der Waals surface area (Å²) in [5, 5.41) is 7.89. The minimum atomic E-state index is -4.01. The van der Waals surface area contributed by atoms with Crippen LogP contribution in [0.25, 0.3) is 0 Å². The minimum Gasteiger partial charge on any atom is -0.497 e. The van der Waals surface area contributed by atoms with E-state index in [4.69, 9.17) is 10.5 Å². The summed E-state index contributed by atoms with van der Waals surface area (Å²) in [7, 11) is -2.45. The SMILES string of the molecule is COc1ccc(/C=N/NC(=O)c2c(N)nn(S(=O)(=O)c3ccccc3)c2SC)cc1. The van der Waals surface area contributed by atoms with Crippen LogP contribution in [0.2, 0.25) is 0 Å². The number of nitrogens with one attached hydrogen (secondary N) is 1. The Morgan fingerprint density at radius 3 is 2.47 bits per heavy atom. The number of aromatic nitrogens is 2. The molecular formula is C19H19N5O4S2. The molecule has 0 aliphatic rings. The van der Waals surface area contributed by atoms with Crippen LogP contribution in [0.1, 0.15) is 15.9 Å².